The maximum atomic E-state index is 11.7. The third-order valence-electron chi connectivity index (χ3n) is 4.10. The summed E-state index contributed by atoms with van der Waals surface area (Å²) in [4.78, 5) is 28.8. The van der Waals surface area contributed by atoms with Crippen molar-refractivity contribution in [3.05, 3.63) is 23.9 Å². The highest BCUT2D eigenvalue weighted by atomic mass is 16.4. The Labute approximate surface area is 141 Å². The standard InChI is InChI=1S/C17H22N4O3/c1-3-7-18-17(24)12-5-6-15(19-10-12)20-13-8-14(9-13)21(4-2)11-16(22)23/h1,5-6,10,13-14H,4,7-9,11H2,2H3,(H,18,24)(H,19,20)(H,22,23). The number of pyridine rings is 1. The Morgan fingerprint density at radius 3 is 2.75 bits per heavy atom. The first-order valence-corrected chi connectivity index (χ1v) is 7.93. The minimum atomic E-state index is -0.798. The molecule has 0 spiro atoms. The SMILES string of the molecule is C#CCNC(=O)c1ccc(NC2CC(N(CC)CC(=O)O)C2)nc1. The number of likely N-dealkylation sites (N-methyl/N-ethyl adjacent to an activating group) is 1. The molecule has 1 saturated carbocycles. The van der Waals surface area contributed by atoms with Crippen molar-refractivity contribution in [1.82, 2.24) is 15.2 Å². The van der Waals surface area contributed by atoms with Crippen molar-refractivity contribution in [3.63, 3.8) is 0 Å². The molecule has 0 aromatic carbocycles. The average molecular weight is 330 g/mol. The van der Waals surface area contributed by atoms with Crippen molar-refractivity contribution in [2.24, 2.45) is 0 Å². The second-order valence-corrected chi connectivity index (χ2v) is 5.74. The smallest absolute Gasteiger partial charge is 0.317 e. The topological polar surface area (TPSA) is 94.6 Å². The van der Waals surface area contributed by atoms with Gasteiger partial charge in [-0.2, -0.15) is 0 Å². The highest BCUT2D eigenvalue weighted by Gasteiger charge is 2.33. The van der Waals surface area contributed by atoms with Gasteiger partial charge in [0.25, 0.3) is 5.91 Å². The number of rotatable bonds is 8. The molecule has 1 amide bonds. The third-order valence-corrected chi connectivity index (χ3v) is 4.10. The number of terminal acetylenes is 1. The summed E-state index contributed by atoms with van der Waals surface area (Å²) in [6, 6.07) is 4.01. The van der Waals surface area contributed by atoms with Crippen LogP contribution < -0.4 is 10.6 Å². The molecule has 2 rings (SSSR count). The first kappa shape index (κ1) is 17.8. The Morgan fingerprint density at radius 2 is 2.21 bits per heavy atom. The van der Waals surface area contributed by atoms with Crippen LogP contribution in [0.1, 0.15) is 30.1 Å². The second-order valence-electron chi connectivity index (χ2n) is 5.74. The van der Waals surface area contributed by atoms with Gasteiger partial charge < -0.3 is 15.7 Å². The average Bonchev–Trinajstić information content (AvgIpc) is 2.54. The van der Waals surface area contributed by atoms with E-state index in [2.05, 4.69) is 21.5 Å². The van der Waals surface area contributed by atoms with E-state index in [1.54, 1.807) is 12.1 Å². The normalized spacial score (nSPS) is 19.2. The van der Waals surface area contributed by atoms with E-state index in [0.29, 0.717) is 11.4 Å². The Balaban J connectivity index is 1.80. The summed E-state index contributed by atoms with van der Waals surface area (Å²) < 4.78 is 0. The highest BCUT2D eigenvalue weighted by Crippen LogP contribution is 2.28. The van der Waals surface area contributed by atoms with Gasteiger partial charge in [0.2, 0.25) is 0 Å². The summed E-state index contributed by atoms with van der Waals surface area (Å²) in [5.74, 6) is 2.00. The Hall–Kier alpha value is -2.59. The van der Waals surface area contributed by atoms with Gasteiger partial charge >= 0.3 is 5.97 Å². The van der Waals surface area contributed by atoms with Crippen LogP contribution in [-0.4, -0.2) is 58.6 Å². The van der Waals surface area contributed by atoms with Gasteiger partial charge in [0.05, 0.1) is 18.7 Å². The number of hydrogen-bond acceptors (Lipinski definition) is 5. The molecule has 0 radical (unpaired) electrons. The van der Waals surface area contributed by atoms with E-state index in [1.807, 2.05) is 11.8 Å². The quantitative estimate of drug-likeness (QED) is 0.610. The van der Waals surface area contributed by atoms with Gasteiger partial charge in [0, 0.05) is 18.3 Å². The number of carbonyl (C=O) groups is 2. The van der Waals surface area contributed by atoms with E-state index in [9.17, 15) is 9.59 Å². The fourth-order valence-electron chi connectivity index (χ4n) is 2.73. The lowest BCUT2D eigenvalue weighted by atomic mass is 9.85. The summed E-state index contributed by atoms with van der Waals surface area (Å²) in [5, 5.41) is 14.8. The molecule has 1 fully saturated rings. The summed E-state index contributed by atoms with van der Waals surface area (Å²) in [5.41, 5.74) is 0.459. The van der Waals surface area contributed by atoms with Gasteiger partial charge in [-0.25, -0.2) is 4.98 Å². The molecule has 1 aromatic rings. The van der Waals surface area contributed by atoms with Crippen molar-refractivity contribution in [3.8, 4) is 12.3 Å². The molecule has 24 heavy (non-hydrogen) atoms. The molecule has 128 valence electrons. The van der Waals surface area contributed by atoms with Crippen LogP contribution >= 0.6 is 0 Å². The van der Waals surface area contributed by atoms with E-state index >= 15 is 0 Å². The molecule has 0 bridgehead atoms. The lowest BCUT2D eigenvalue weighted by Crippen LogP contribution is -2.51. The summed E-state index contributed by atoms with van der Waals surface area (Å²) in [6.07, 6.45) is 8.37. The molecule has 0 saturated heterocycles. The van der Waals surface area contributed by atoms with Crippen molar-refractivity contribution < 1.29 is 14.7 Å². The fourth-order valence-corrected chi connectivity index (χ4v) is 2.73. The van der Waals surface area contributed by atoms with E-state index in [4.69, 9.17) is 11.5 Å². The largest absolute Gasteiger partial charge is 0.480 e. The monoisotopic (exact) mass is 330 g/mol. The highest BCUT2D eigenvalue weighted by molar-refractivity contribution is 5.94. The molecule has 0 atom stereocenters. The number of aliphatic carboxylic acids is 1. The van der Waals surface area contributed by atoms with Gasteiger partial charge in [0.15, 0.2) is 0 Å². The van der Waals surface area contributed by atoms with Crippen LogP contribution in [0.2, 0.25) is 0 Å². The van der Waals surface area contributed by atoms with E-state index < -0.39 is 5.97 Å². The van der Waals surface area contributed by atoms with Crippen molar-refractivity contribution >= 4 is 17.7 Å². The summed E-state index contributed by atoms with van der Waals surface area (Å²) >= 11 is 0. The summed E-state index contributed by atoms with van der Waals surface area (Å²) in [6.45, 7) is 2.96. The number of carboxylic acids is 1. The van der Waals surface area contributed by atoms with Crippen LogP contribution in [0.5, 0.6) is 0 Å². The zero-order valence-corrected chi connectivity index (χ0v) is 13.7. The Bertz CT molecular complexity index is 618. The zero-order valence-electron chi connectivity index (χ0n) is 13.7. The predicted molar refractivity (Wildman–Crippen MR) is 90.7 cm³/mol. The molecule has 3 N–H and O–H groups in total. The predicted octanol–water partition coefficient (Wildman–Crippen LogP) is 0.794. The fraction of sp³-hybridized carbons (Fsp3) is 0.471. The van der Waals surface area contributed by atoms with E-state index in [1.165, 1.54) is 6.20 Å². The number of amides is 1. The first-order chi connectivity index (χ1) is 11.5. The molecule has 1 aliphatic carbocycles. The number of anilines is 1. The minimum Gasteiger partial charge on any atom is -0.480 e. The van der Waals surface area contributed by atoms with Crippen LogP contribution in [0.15, 0.2) is 18.3 Å². The molecular formula is C17H22N4O3. The number of nitrogens with one attached hydrogen (secondary N) is 2. The van der Waals surface area contributed by atoms with Gasteiger partial charge in [-0.05, 0) is 31.5 Å². The van der Waals surface area contributed by atoms with Crippen LogP contribution in [-0.2, 0) is 4.79 Å². The molecule has 7 nitrogen and oxygen atoms in total. The molecule has 1 heterocycles. The van der Waals surface area contributed by atoms with Crippen molar-refractivity contribution in [2.75, 3.05) is 25.0 Å². The van der Waals surface area contributed by atoms with Gasteiger partial charge in [-0.1, -0.05) is 12.8 Å². The van der Waals surface area contributed by atoms with Gasteiger partial charge in [0.1, 0.15) is 5.82 Å². The summed E-state index contributed by atoms with van der Waals surface area (Å²) in [7, 11) is 0. The Morgan fingerprint density at radius 1 is 1.46 bits per heavy atom. The zero-order chi connectivity index (χ0) is 17.5. The second kappa shape index (κ2) is 8.31. The Kier molecular flexibility index (Phi) is 6.15. The van der Waals surface area contributed by atoms with Crippen LogP contribution in [0, 0.1) is 12.3 Å². The van der Waals surface area contributed by atoms with Crippen molar-refractivity contribution in [1.29, 1.82) is 0 Å². The first-order valence-electron chi connectivity index (χ1n) is 7.93. The molecule has 1 aromatic heterocycles. The van der Waals surface area contributed by atoms with Crippen molar-refractivity contribution in [2.45, 2.75) is 31.8 Å². The lowest BCUT2D eigenvalue weighted by molar-refractivity contribution is -0.139. The minimum absolute atomic E-state index is 0.0770. The van der Waals surface area contributed by atoms with Gasteiger partial charge in [-0.3, -0.25) is 14.5 Å². The van der Waals surface area contributed by atoms with Crippen LogP contribution in [0.25, 0.3) is 0 Å². The number of hydrogen-bond donors (Lipinski definition) is 3. The van der Waals surface area contributed by atoms with Crippen LogP contribution in [0.3, 0.4) is 0 Å². The molecular weight excluding hydrogens is 308 g/mol. The maximum Gasteiger partial charge on any atom is 0.317 e. The van der Waals surface area contributed by atoms with Gasteiger partial charge in [-0.15, -0.1) is 6.42 Å². The maximum absolute atomic E-state index is 11.7. The van der Waals surface area contributed by atoms with E-state index in [-0.39, 0.29) is 31.1 Å². The number of carboxylic acid groups (broad SMARTS) is 1. The molecule has 1 aliphatic rings. The van der Waals surface area contributed by atoms with Crippen LogP contribution in [0.4, 0.5) is 5.82 Å². The molecule has 0 aliphatic heterocycles. The molecule has 7 heteroatoms. The number of nitrogens with zero attached hydrogens (tertiary/aromatic N) is 2. The third kappa shape index (κ3) is 4.70. The lowest BCUT2D eigenvalue weighted by Gasteiger charge is -2.42. The number of aromatic nitrogens is 1. The van der Waals surface area contributed by atoms with E-state index in [0.717, 1.165) is 19.4 Å². The molecule has 0 unspecified atom stereocenters. The number of carbonyl (C=O) groups excluding carboxylic acids is 1.